The Labute approximate surface area is 122 Å². The Morgan fingerprint density at radius 2 is 2.05 bits per heavy atom. The molecule has 0 bridgehead atoms. The third-order valence-corrected chi connectivity index (χ3v) is 4.83. The second-order valence-electron chi connectivity index (χ2n) is 6.30. The molecule has 0 radical (unpaired) electrons. The van der Waals surface area contributed by atoms with Gasteiger partial charge in [-0.05, 0) is 36.8 Å². The van der Waals surface area contributed by atoms with Crippen molar-refractivity contribution in [1.29, 1.82) is 0 Å². The lowest BCUT2D eigenvalue weighted by atomic mass is 9.97. The van der Waals surface area contributed by atoms with Crippen molar-refractivity contribution >= 4 is 5.91 Å². The van der Waals surface area contributed by atoms with Crippen molar-refractivity contribution in [1.82, 2.24) is 5.32 Å². The summed E-state index contributed by atoms with van der Waals surface area (Å²) in [5.74, 6) is -1.55. The van der Waals surface area contributed by atoms with Gasteiger partial charge < -0.3 is 11.1 Å². The zero-order chi connectivity index (χ0) is 15.0. The molecule has 2 fully saturated rings. The Kier molecular flexibility index (Phi) is 3.69. The minimum atomic E-state index is -0.592. The van der Waals surface area contributed by atoms with Crippen LogP contribution in [0.15, 0.2) is 18.2 Å². The highest BCUT2D eigenvalue weighted by molar-refractivity contribution is 5.83. The van der Waals surface area contributed by atoms with E-state index in [1.807, 2.05) is 0 Å². The summed E-state index contributed by atoms with van der Waals surface area (Å²) in [6.07, 6.45) is 4.61. The van der Waals surface area contributed by atoms with Crippen LogP contribution >= 0.6 is 0 Å². The summed E-state index contributed by atoms with van der Waals surface area (Å²) in [5, 5.41) is 3.07. The van der Waals surface area contributed by atoms with E-state index in [4.69, 9.17) is 5.73 Å². The number of carbonyl (C=O) groups is 1. The quantitative estimate of drug-likeness (QED) is 0.896. The van der Waals surface area contributed by atoms with Crippen LogP contribution in [-0.2, 0) is 4.79 Å². The van der Waals surface area contributed by atoms with Gasteiger partial charge in [-0.1, -0.05) is 18.9 Å². The Morgan fingerprint density at radius 3 is 2.67 bits per heavy atom. The molecular formula is C16H20F2N2O. The third kappa shape index (κ3) is 2.79. The van der Waals surface area contributed by atoms with Gasteiger partial charge in [-0.25, -0.2) is 8.78 Å². The van der Waals surface area contributed by atoms with E-state index in [9.17, 15) is 13.6 Å². The van der Waals surface area contributed by atoms with Gasteiger partial charge in [-0.3, -0.25) is 4.79 Å². The summed E-state index contributed by atoms with van der Waals surface area (Å²) >= 11 is 0. The maximum absolute atomic E-state index is 13.7. The number of hydrogen-bond donors (Lipinski definition) is 2. The molecule has 1 aromatic carbocycles. The van der Waals surface area contributed by atoms with Crippen molar-refractivity contribution in [3.63, 3.8) is 0 Å². The fourth-order valence-electron chi connectivity index (χ4n) is 3.42. The molecule has 3 rings (SSSR count). The van der Waals surface area contributed by atoms with Crippen LogP contribution in [0.3, 0.4) is 0 Å². The normalized spacial score (nSPS) is 26.6. The fourth-order valence-corrected chi connectivity index (χ4v) is 3.42. The van der Waals surface area contributed by atoms with Gasteiger partial charge in [0.15, 0.2) is 0 Å². The van der Waals surface area contributed by atoms with Crippen molar-refractivity contribution in [3.8, 4) is 0 Å². The molecule has 3 N–H and O–H groups in total. The van der Waals surface area contributed by atoms with Crippen molar-refractivity contribution in [2.45, 2.75) is 43.6 Å². The number of halogens is 2. The van der Waals surface area contributed by atoms with Crippen LogP contribution in [-0.4, -0.2) is 18.0 Å². The van der Waals surface area contributed by atoms with Gasteiger partial charge in [-0.15, -0.1) is 0 Å². The van der Waals surface area contributed by atoms with Crippen molar-refractivity contribution < 1.29 is 13.6 Å². The molecule has 0 heterocycles. The first-order valence-corrected chi connectivity index (χ1v) is 7.52. The summed E-state index contributed by atoms with van der Waals surface area (Å²) in [6, 6.07) is 3.56. The van der Waals surface area contributed by atoms with Crippen LogP contribution in [0.4, 0.5) is 8.78 Å². The average Bonchev–Trinajstić information content (AvgIpc) is 3.11. The monoisotopic (exact) mass is 294 g/mol. The molecule has 21 heavy (non-hydrogen) atoms. The van der Waals surface area contributed by atoms with Crippen molar-refractivity contribution in [2.24, 2.45) is 11.7 Å². The second-order valence-corrected chi connectivity index (χ2v) is 6.30. The van der Waals surface area contributed by atoms with E-state index in [1.54, 1.807) is 0 Å². The van der Waals surface area contributed by atoms with E-state index in [0.29, 0.717) is 18.5 Å². The minimum absolute atomic E-state index is 0.0453. The molecule has 1 aromatic rings. The van der Waals surface area contributed by atoms with Crippen LogP contribution in [0.5, 0.6) is 0 Å². The van der Waals surface area contributed by atoms with E-state index in [0.717, 1.165) is 31.7 Å². The number of rotatable bonds is 4. The number of amides is 1. The molecule has 2 saturated carbocycles. The topological polar surface area (TPSA) is 55.1 Å². The van der Waals surface area contributed by atoms with Crippen molar-refractivity contribution in [2.75, 3.05) is 6.54 Å². The molecule has 0 aromatic heterocycles. The molecular weight excluding hydrogens is 274 g/mol. The first kappa shape index (κ1) is 14.4. The average molecular weight is 294 g/mol. The molecule has 2 atom stereocenters. The van der Waals surface area contributed by atoms with Gasteiger partial charge in [0.05, 0.1) is 5.54 Å². The van der Waals surface area contributed by atoms with Crippen molar-refractivity contribution in [3.05, 3.63) is 35.4 Å². The van der Waals surface area contributed by atoms with Gasteiger partial charge in [-0.2, -0.15) is 0 Å². The zero-order valence-electron chi connectivity index (χ0n) is 11.9. The van der Waals surface area contributed by atoms with Gasteiger partial charge in [0.2, 0.25) is 5.91 Å². The molecule has 2 aliphatic rings. The lowest BCUT2D eigenvalue weighted by molar-refractivity contribution is -0.124. The lowest BCUT2D eigenvalue weighted by Gasteiger charge is -2.28. The van der Waals surface area contributed by atoms with Gasteiger partial charge in [0.1, 0.15) is 11.6 Å². The fraction of sp³-hybridized carbons (Fsp3) is 0.562. The summed E-state index contributed by atoms with van der Waals surface area (Å²) in [5.41, 5.74) is 5.97. The van der Waals surface area contributed by atoms with Crippen LogP contribution in [0.25, 0.3) is 0 Å². The highest BCUT2D eigenvalue weighted by Gasteiger charge is 2.47. The second kappa shape index (κ2) is 5.37. The molecule has 2 unspecified atom stereocenters. The van der Waals surface area contributed by atoms with E-state index in [2.05, 4.69) is 5.32 Å². The molecule has 5 heteroatoms. The van der Waals surface area contributed by atoms with Gasteiger partial charge in [0.25, 0.3) is 0 Å². The minimum Gasteiger partial charge on any atom is -0.349 e. The standard InChI is InChI=1S/C16H20F2N2O/c17-10-3-4-11(14(18)7-10)12-8-13(12)15(21)20-16(9-19)5-1-2-6-16/h3-4,7,12-13H,1-2,5-6,8-9,19H2,(H,20,21). The predicted octanol–water partition coefficient (Wildman–Crippen LogP) is 2.46. The first-order chi connectivity index (χ1) is 10.0. The highest BCUT2D eigenvalue weighted by Crippen LogP contribution is 2.49. The summed E-state index contributed by atoms with van der Waals surface area (Å²) < 4.78 is 26.7. The van der Waals surface area contributed by atoms with E-state index < -0.39 is 11.6 Å². The van der Waals surface area contributed by atoms with Crippen LogP contribution in [0.2, 0.25) is 0 Å². The smallest absolute Gasteiger partial charge is 0.224 e. The first-order valence-electron chi connectivity index (χ1n) is 7.52. The molecule has 0 aliphatic heterocycles. The van der Waals surface area contributed by atoms with E-state index in [-0.39, 0.29) is 23.3 Å². The lowest BCUT2D eigenvalue weighted by Crippen LogP contribution is -2.52. The largest absolute Gasteiger partial charge is 0.349 e. The maximum atomic E-state index is 13.7. The summed E-state index contributed by atoms with van der Waals surface area (Å²) in [4.78, 5) is 12.3. The van der Waals surface area contributed by atoms with E-state index >= 15 is 0 Å². The Bertz CT molecular complexity index is 555. The Morgan fingerprint density at radius 1 is 1.33 bits per heavy atom. The van der Waals surface area contributed by atoms with E-state index in [1.165, 1.54) is 12.1 Å². The maximum Gasteiger partial charge on any atom is 0.224 e. The van der Waals surface area contributed by atoms with Crippen LogP contribution in [0.1, 0.15) is 43.6 Å². The van der Waals surface area contributed by atoms with Gasteiger partial charge >= 0.3 is 0 Å². The summed E-state index contributed by atoms with van der Waals surface area (Å²) in [7, 11) is 0. The number of carbonyl (C=O) groups excluding carboxylic acids is 1. The Balaban J connectivity index is 1.66. The molecule has 1 amide bonds. The number of benzene rings is 1. The van der Waals surface area contributed by atoms with Crippen LogP contribution < -0.4 is 11.1 Å². The van der Waals surface area contributed by atoms with Gasteiger partial charge in [0, 0.05) is 18.5 Å². The highest BCUT2D eigenvalue weighted by atomic mass is 19.1. The predicted molar refractivity (Wildman–Crippen MR) is 75.6 cm³/mol. The third-order valence-electron chi connectivity index (χ3n) is 4.83. The zero-order valence-corrected chi connectivity index (χ0v) is 11.9. The molecule has 3 nitrogen and oxygen atoms in total. The van der Waals surface area contributed by atoms with Crippen LogP contribution in [0, 0.1) is 17.6 Å². The number of nitrogens with one attached hydrogen (secondary N) is 1. The molecule has 114 valence electrons. The number of hydrogen-bond acceptors (Lipinski definition) is 2. The number of nitrogens with two attached hydrogens (primary N) is 1. The molecule has 2 aliphatic carbocycles. The molecule has 0 saturated heterocycles. The Hall–Kier alpha value is -1.49. The summed E-state index contributed by atoms with van der Waals surface area (Å²) in [6.45, 7) is 0.445. The molecule has 0 spiro atoms. The SMILES string of the molecule is NCC1(NC(=O)C2CC2c2ccc(F)cc2F)CCCC1.